The highest BCUT2D eigenvalue weighted by Crippen LogP contribution is 2.31. The molecule has 1 aliphatic rings. The molecule has 0 N–H and O–H groups in total. The maximum absolute atomic E-state index is 12.2. The molecule has 0 fully saturated rings. The van der Waals surface area contributed by atoms with Crippen molar-refractivity contribution in [2.24, 2.45) is 0 Å². The SMILES string of the molecule is CCOC(=O)C(=[N+]=[N-])C1c2ccccc2C=CN1C(=O)OCC. The van der Waals surface area contributed by atoms with E-state index in [-0.39, 0.29) is 18.9 Å². The van der Waals surface area contributed by atoms with Gasteiger partial charge in [-0.2, -0.15) is 4.79 Å². The van der Waals surface area contributed by atoms with Gasteiger partial charge in [0, 0.05) is 6.20 Å². The van der Waals surface area contributed by atoms with E-state index < -0.39 is 18.1 Å². The first kappa shape index (κ1) is 16.5. The number of hydrogen-bond acceptors (Lipinski definition) is 4. The first-order chi connectivity index (χ1) is 11.1. The van der Waals surface area contributed by atoms with E-state index in [4.69, 9.17) is 9.47 Å². The van der Waals surface area contributed by atoms with Crippen LogP contribution in [0.4, 0.5) is 4.79 Å². The number of fused-ring (bicyclic) bond motifs is 1. The second-order valence-electron chi connectivity index (χ2n) is 4.66. The summed E-state index contributed by atoms with van der Waals surface area (Å²) in [5.41, 5.74) is 10.5. The van der Waals surface area contributed by atoms with Crippen LogP contribution in [0.25, 0.3) is 11.6 Å². The van der Waals surface area contributed by atoms with E-state index in [0.29, 0.717) is 5.56 Å². The zero-order valence-corrected chi connectivity index (χ0v) is 12.9. The number of benzene rings is 1. The smallest absolute Gasteiger partial charge is 0.419 e. The molecule has 1 aromatic rings. The molecular formula is C16H17N3O4. The summed E-state index contributed by atoms with van der Waals surface area (Å²) in [6, 6.07) is 6.27. The third-order valence-electron chi connectivity index (χ3n) is 3.31. The van der Waals surface area contributed by atoms with Gasteiger partial charge in [0.1, 0.15) is 0 Å². The molecule has 7 heteroatoms. The van der Waals surface area contributed by atoms with E-state index in [9.17, 15) is 15.1 Å². The van der Waals surface area contributed by atoms with Crippen molar-refractivity contribution in [1.29, 1.82) is 0 Å². The fourth-order valence-corrected chi connectivity index (χ4v) is 2.36. The standard InChI is InChI=1S/C16H17N3O4/c1-3-22-15(20)13(18-17)14-12-8-6-5-7-11(12)9-10-19(14)16(21)23-4-2/h5-10,14H,3-4H2,1-2H3. The third kappa shape index (κ3) is 3.30. The van der Waals surface area contributed by atoms with Gasteiger partial charge in [0.25, 0.3) is 0 Å². The molecule has 1 aliphatic heterocycles. The molecule has 2 rings (SSSR count). The summed E-state index contributed by atoms with van der Waals surface area (Å²) in [5.74, 6) is -0.792. The van der Waals surface area contributed by atoms with E-state index >= 15 is 0 Å². The first-order valence-corrected chi connectivity index (χ1v) is 7.25. The summed E-state index contributed by atoms with van der Waals surface area (Å²) in [6.45, 7) is 3.63. The Morgan fingerprint density at radius 3 is 2.57 bits per heavy atom. The Kier molecular flexibility index (Phi) is 5.28. The van der Waals surface area contributed by atoms with Crippen molar-refractivity contribution in [1.82, 2.24) is 4.90 Å². The Hall–Kier alpha value is -2.92. The number of carbonyl (C=O) groups is 2. The van der Waals surface area contributed by atoms with Crippen LogP contribution < -0.4 is 0 Å². The quantitative estimate of drug-likeness (QED) is 0.369. The predicted molar refractivity (Wildman–Crippen MR) is 82.3 cm³/mol. The lowest BCUT2D eigenvalue weighted by Crippen LogP contribution is -2.41. The minimum atomic E-state index is -0.917. The first-order valence-electron chi connectivity index (χ1n) is 7.25. The van der Waals surface area contributed by atoms with Gasteiger partial charge in [0.2, 0.25) is 0 Å². The highest BCUT2D eigenvalue weighted by molar-refractivity contribution is 6.36. The molecular weight excluding hydrogens is 298 g/mol. The predicted octanol–water partition coefficient (Wildman–Crippen LogP) is 2.40. The van der Waals surface area contributed by atoms with Gasteiger partial charge in [-0.25, -0.2) is 9.59 Å². The van der Waals surface area contributed by atoms with Crippen molar-refractivity contribution in [2.45, 2.75) is 19.9 Å². The zero-order valence-electron chi connectivity index (χ0n) is 12.9. The molecule has 1 atom stereocenters. The summed E-state index contributed by atoms with van der Waals surface area (Å²) in [4.78, 5) is 28.6. The van der Waals surface area contributed by atoms with Crippen molar-refractivity contribution in [3.8, 4) is 0 Å². The second-order valence-corrected chi connectivity index (χ2v) is 4.66. The van der Waals surface area contributed by atoms with Crippen molar-refractivity contribution in [2.75, 3.05) is 13.2 Å². The summed E-state index contributed by atoms with van der Waals surface area (Å²) >= 11 is 0. The molecule has 0 saturated heterocycles. The van der Waals surface area contributed by atoms with Crippen molar-refractivity contribution >= 4 is 23.9 Å². The highest BCUT2D eigenvalue weighted by atomic mass is 16.6. The van der Waals surface area contributed by atoms with Crippen molar-refractivity contribution in [3.63, 3.8) is 0 Å². The van der Waals surface area contributed by atoms with Crippen LogP contribution >= 0.6 is 0 Å². The number of amides is 1. The molecule has 1 amide bonds. The van der Waals surface area contributed by atoms with Crippen LogP contribution in [0.15, 0.2) is 30.5 Å². The molecule has 0 radical (unpaired) electrons. The second kappa shape index (κ2) is 7.38. The average Bonchev–Trinajstić information content (AvgIpc) is 2.56. The number of esters is 1. The van der Waals surface area contributed by atoms with E-state index in [1.807, 2.05) is 12.1 Å². The fraction of sp³-hybridized carbons (Fsp3) is 0.312. The van der Waals surface area contributed by atoms with Gasteiger partial charge in [0.05, 0.1) is 13.2 Å². The minimum absolute atomic E-state index is 0.126. The van der Waals surface area contributed by atoms with Crippen molar-refractivity contribution < 1.29 is 23.9 Å². The summed E-state index contributed by atoms with van der Waals surface area (Å²) in [6.07, 6.45) is 2.58. The molecule has 0 aromatic heterocycles. The van der Waals surface area contributed by atoms with Crippen molar-refractivity contribution in [3.05, 3.63) is 47.1 Å². The lowest BCUT2D eigenvalue weighted by Gasteiger charge is -2.28. The summed E-state index contributed by atoms with van der Waals surface area (Å²) in [7, 11) is 0. The molecule has 7 nitrogen and oxygen atoms in total. The minimum Gasteiger partial charge on any atom is -0.457 e. The molecule has 0 spiro atoms. The average molecular weight is 315 g/mol. The number of ether oxygens (including phenoxy) is 2. The van der Waals surface area contributed by atoms with Crippen LogP contribution in [0.5, 0.6) is 0 Å². The van der Waals surface area contributed by atoms with Gasteiger partial charge in [-0.05, 0) is 31.1 Å². The van der Waals surface area contributed by atoms with Crippen LogP contribution in [-0.2, 0) is 14.3 Å². The Labute approximate surface area is 133 Å². The Balaban J connectivity index is 2.51. The van der Waals surface area contributed by atoms with Gasteiger partial charge in [-0.3, -0.25) is 4.90 Å². The molecule has 0 bridgehead atoms. The Bertz CT molecular complexity index is 692. The molecule has 23 heavy (non-hydrogen) atoms. The topological polar surface area (TPSA) is 92.2 Å². The van der Waals surface area contributed by atoms with Crippen LogP contribution in [0.1, 0.15) is 31.0 Å². The molecule has 0 saturated carbocycles. The van der Waals surface area contributed by atoms with Gasteiger partial charge in [-0.15, -0.1) is 0 Å². The van der Waals surface area contributed by atoms with E-state index in [0.717, 1.165) is 5.56 Å². The number of rotatable bonds is 4. The fourth-order valence-electron chi connectivity index (χ4n) is 2.36. The van der Waals surface area contributed by atoms with Crippen LogP contribution in [0.2, 0.25) is 0 Å². The number of nitrogens with zero attached hydrogens (tertiary/aromatic N) is 3. The summed E-state index contributed by atoms with van der Waals surface area (Å²) in [5, 5.41) is 0. The van der Waals surface area contributed by atoms with Crippen LogP contribution in [-0.4, -0.2) is 40.7 Å². The van der Waals surface area contributed by atoms with E-state index in [1.54, 1.807) is 32.1 Å². The Morgan fingerprint density at radius 1 is 1.22 bits per heavy atom. The van der Waals surface area contributed by atoms with Gasteiger partial charge >= 0.3 is 17.8 Å². The van der Waals surface area contributed by atoms with Gasteiger partial charge in [0.15, 0.2) is 6.04 Å². The highest BCUT2D eigenvalue weighted by Gasteiger charge is 2.42. The number of hydrogen-bond donors (Lipinski definition) is 0. The zero-order chi connectivity index (χ0) is 16.8. The van der Waals surface area contributed by atoms with E-state index in [2.05, 4.69) is 4.79 Å². The van der Waals surface area contributed by atoms with E-state index in [1.165, 1.54) is 11.1 Å². The van der Waals surface area contributed by atoms with Gasteiger partial charge < -0.3 is 15.0 Å². The maximum atomic E-state index is 12.2. The maximum Gasteiger partial charge on any atom is 0.419 e. The third-order valence-corrected chi connectivity index (χ3v) is 3.31. The molecule has 1 aromatic carbocycles. The van der Waals surface area contributed by atoms with Crippen LogP contribution in [0.3, 0.4) is 0 Å². The van der Waals surface area contributed by atoms with Gasteiger partial charge in [-0.1, -0.05) is 24.3 Å². The largest absolute Gasteiger partial charge is 0.457 e. The number of carbonyl (C=O) groups excluding carboxylic acids is 2. The lowest BCUT2D eigenvalue weighted by atomic mass is 9.93. The molecule has 1 heterocycles. The Morgan fingerprint density at radius 2 is 1.91 bits per heavy atom. The monoisotopic (exact) mass is 315 g/mol. The normalized spacial score (nSPS) is 15.4. The summed E-state index contributed by atoms with van der Waals surface area (Å²) < 4.78 is 9.93. The van der Waals surface area contributed by atoms with Crippen LogP contribution in [0, 0.1) is 0 Å². The molecule has 120 valence electrons. The lowest BCUT2D eigenvalue weighted by molar-refractivity contribution is -0.140. The molecule has 0 aliphatic carbocycles. The molecule has 1 unspecified atom stereocenters.